The summed E-state index contributed by atoms with van der Waals surface area (Å²) in [6, 6.07) is 5.49. The normalized spacial score (nSPS) is 15.5. The SMILES string of the molecule is CN=C(NCc1ccc(Cl)cc1Cl)N1CCC(CC(=O)NC)CC1.I. The summed E-state index contributed by atoms with van der Waals surface area (Å²) in [4.78, 5) is 18.1. The predicted molar refractivity (Wildman–Crippen MR) is 115 cm³/mol. The Morgan fingerprint density at radius 3 is 2.56 bits per heavy atom. The minimum atomic E-state index is 0. The molecule has 0 aromatic heterocycles. The smallest absolute Gasteiger partial charge is 0.220 e. The molecule has 8 heteroatoms. The Labute approximate surface area is 176 Å². The number of halogens is 3. The lowest BCUT2D eigenvalue weighted by molar-refractivity contribution is -0.121. The molecule has 1 aromatic carbocycles. The Bertz CT molecular complexity index is 604. The van der Waals surface area contributed by atoms with Gasteiger partial charge in [0.2, 0.25) is 5.91 Å². The number of likely N-dealkylation sites (tertiary alicyclic amines) is 1. The molecule has 0 saturated carbocycles. The number of benzene rings is 1. The molecule has 0 radical (unpaired) electrons. The van der Waals surface area contributed by atoms with Crippen molar-refractivity contribution in [2.45, 2.75) is 25.8 Å². The molecule has 2 rings (SSSR count). The zero-order valence-corrected chi connectivity index (χ0v) is 18.4. The summed E-state index contributed by atoms with van der Waals surface area (Å²) >= 11 is 12.1. The van der Waals surface area contributed by atoms with Gasteiger partial charge in [0.1, 0.15) is 0 Å². The van der Waals surface area contributed by atoms with Crippen LogP contribution in [0.4, 0.5) is 0 Å². The number of aliphatic imine (C=N–C) groups is 1. The summed E-state index contributed by atoms with van der Waals surface area (Å²) in [7, 11) is 3.47. The fraction of sp³-hybridized carbons (Fsp3) is 0.529. The molecular formula is C17H25Cl2IN4O. The van der Waals surface area contributed by atoms with Crippen molar-refractivity contribution >= 4 is 59.0 Å². The second kappa shape index (κ2) is 11.1. The lowest BCUT2D eigenvalue weighted by atomic mass is 9.93. The van der Waals surface area contributed by atoms with Gasteiger partial charge in [0.15, 0.2) is 5.96 Å². The number of guanidine groups is 1. The average molecular weight is 499 g/mol. The van der Waals surface area contributed by atoms with Gasteiger partial charge in [-0.15, -0.1) is 24.0 Å². The van der Waals surface area contributed by atoms with Crippen LogP contribution in [0.2, 0.25) is 10.0 Å². The number of rotatable bonds is 4. The van der Waals surface area contributed by atoms with Crippen LogP contribution in [0.5, 0.6) is 0 Å². The van der Waals surface area contributed by atoms with Crippen LogP contribution in [-0.2, 0) is 11.3 Å². The molecule has 1 amide bonds. The molecule has 1 fully saturated rings. The standard InChI is InChI=1S/C17H24Cl2N4O.HI/c1-20-16(24)9-12-5-7-23(8-6-12)17(21-2)22-11-13-3-4-14(18)10-15(13)19;/h3-4,10,12H,5-9,11H2,1-2H3,(H,20,24)(H,21,22);1H. The van der Waals surface area contributed by atoms with Gasteiger partial charge in [0.25, 0.3) is 0 Å². The summed E-state index contributed by atoms with van der Waals surface area (Å²) < 4.78 is 0. The third kappa shape index (κ3) is 6.83. The minimum absolute atomic E-state index is 0. The van der Waals surface area contributed by atoms with E-state index in [1.54, 1.807) is 20.2 Å². The first-order chi connectivity index (χ1) is 11.5. The van der Waals surface area contributed by atoms with Crippen molar-refractivity contribution in [1.29, 1.82) is 0 Å². The van der Waals surface area contributed by atoms with Crippen molar-refractivity contribution in [1.82, 2.24) is 15.5 Å². The largest absolute Gasteiger partial charge is 0.359 e. The van der Waals surface area contributed by atoms with Crippen molar-refractivity contribution in [3.63, 3.8) is 0 Å². The Morgan fingerprint density at radius 2 is 2.00 bits per heavy atom. The van der Waals surface area contributed by atoms with E-state index in [1.807, 2.05) is 12.1 Å². The van der Waals surface area contributed by atoms with Gasteiger partial charge in [0.05, 0.1) is 0 Å². The molecule has 140 valence electrons. The second-order valence-corrected chi connectivity index (χ2v) is 6.79. The van der Waals surface area contributed by atoms with Crippen molar-refractivity contribution in [2.24, 2.45) is 10.9 Å². The molecule has 5 nitrogen and oxygen atoms in total. The summed E-state index contributed by atoms with van der Waals surface area (Å²) in [5.74, 6) is 1.43. The molecule has 1 aromatic rings. The molecule has 0 atom stereocenters. The zero-order valence-electron chi connectivity index (χ0n) is 14.5. The van der Waals surface area contributed by atoms with E-state index in [4.69, 9.17) is 23.2 Å². The quantitative estimate of drug-likeness (QED) is 0.379. The Kier molecular flexibility index (Phi) is 9.89. The molecule has 1 aliphatic rings. The first kappa shape index (κ1) is 22.3. The molecule has 1 heterocycles. The predicted octanol–water partition coefficient (Wildman–Crippen LogP) is 3.53. The van der Waals surface area contributed by atoms with Gasteiger partial charge in [-0.3, -0.25) is 9.79 Å². The lowest BCUT2D eigenvalue weighted by Crippen LogP contribution is -2.45. The molecule has 0 unspecified atom stereocenters. The summed E-state index contributed by atoms with van der Waals surface area (Å²) in [5, 5.41) is 7.32. The highest BCUT2D eigenvalue weighted by atomic mass is 127. The van der Waals surface area contributed by atoms with Crippen LogP contribution in [0.3, 0.4) is 0 Å². The minimum Gasteiger partial charge on any atom is -0.359 e. The van der Waals surface area contributed by atoms with Gasteiger partial charge >= 0.3 is 0 Å². The van der Waals surface area contributed by atoms with Crippen LogP contribution in [-0.4, -0.2) is 44.0 Å². The van der Waals surface area contributed by atoms with E-state index in [9.17, 15) is 4.79 Å². The number of hydrogen-bond acceptors (Lipinski definition) is 2. The Morgan fingerprint density at radius 1 is 1.32 bits per heavy atom. The van der Waals surface area contributed by atoms with Gasteiger partial charge in [-0.2, -0.15) is 0 Å². The van der Waals surface area contributed by atoms with E-state index >= 15 is 0 Å². The first-order valence-corrected chi connectivity index (χ1v) is 8.89. The second-order valence-electron chi connectivity index (χ2n) is 5.94. The maximum absolute atomic E-state index is 11.5. The monoisotopic (exact) mass is 498 g/mol. The molecule has 1 saturated heterocycles. The van der Waals surface area contributed by atoms with Crippen LogP contribution in [0.25, 0.3) is 0 Å². The first-order valence-electron chi connectivity index (χ1n) is 8.13. The molecular weight excluding hydrogens is 474 g/mol. The molecule has 1 aliphatic heterocycles. The van der Waals surface area contributed by atoms with E-state index in [0.29, 0.717) is 28.9 Å². The maximum atomic E-state index is 11.5. The topological polar surface area (TPSA) is 56.7 Å². The third-order valence-corrected chi connectivity index (χ3v) is 4.92. The van der Waals surface area contributed by atoms with Crippen molar-refractivity contribution in [2.75, 3.05) is 27.2 Å². The van der Waals surface area contributed by atoms with Crippen LogP contribution < -0.4 is 10.6 Å². The zero-order chi connectivity index (χ0) is 17.5. The summed E-state index contributed by atoms with van der Waals surface area (Å²) in [6.07, 6.45) is 2.60. The summed E-state index contributed by atoms with van der Waals surface area (Å²) in [5.41, 5.74) is 0.983. The van der Waals surface area contributed by atoms with Crippen molar-refractivity contribution < 1.29 is 4.79 Å². The molecule has 0 bridgehead atoms. The number of piperidine rings is 1. The van der Waals surface area contributed by atoms with E-state index in [2.05, 4.69) is 20.5 Å². The van der Waals surface area contributed by atoms with Gasteiger partial charge in [-0.05, 0) is 36.5 Å². The van der Waals surface area contributed by atoms with Gasteiger partial charge in [0, 0.05) is 50.2 Å². The van der Waals surface area contributed by atoms with Crippen LogP contribution >= 0.6 is 47.2 Å². The maximum Gasteiger partial charge on any atom is 0.220 e. The van der Waals surface area contributed by atoms with Crippen molar-refractivity contribution in [3.8, 4) is 0 Å². The van der Waals surface area contributed by atoms with E-state index < -0.39 is 0 Å². The number of nitrogens with zero attached hydrogens (tertiary/aromatic N) is 2. The molecule has 0 spiro atoms. The molecule has 2 N–H and O–H groups in total. The van der Waals surface area contributed by atoms with E-state index in [1.165, 1.54) is 0 Å². The summed E-state index contributed by atoms with van der Waals surface area (Å²) in [6.45, 7) is 2.40. The highest BCUT2D eigenvalue weighted by Crippen LogP contribution is 2.22. The van der Waals surface area contributed by atoms with E-state index in [-0.39, 0.29) is 29.9 Å². The molecule has 0 aliphatic carbocycles. The Hall–Kier alpha value is -0.730. The lowest BCUT2D eigenvalue weighted by Gasteiger charge is -2.34. The highest BCUT2D eigenvalue weighted by Gasteiger charge is 2.23. The number of nitrogens with one attached hydrogen (secondary N) is 2. The fourth-order valence-corrected chi connectivity index (χ4v) is 3.36. The fourth-order valence-electron chi connectivity index (χ4n) is 2.88. The third-order valence-electron chi connectivity index (χ3n) is 4.33. The van der Waals surface area contributed by atoms with Crippen LogP contribution in [0, 0.1) is 5.92 Å². The van der Waals surface area contributed by atoms with Crippen LogP contribution in [0.15, 0.2) is 23.2 Å². The number of amides is 1. The van der Waals surface area contributed by atoms with Gasteiger partial charge in [-0.1, -0.05) is 29.3 Å². The van der Waals surface area contributed by atoms with Gasteiger partial charge < -0.3 is 15.5 Å². The highest BCUT2D eigenvalue weighted by molar-refractivity contribution is 14.0. The van der Waals surface area contributed by atoms with Crippen molar-refractivity contribution in [3.05, 3.63) is 33.8 Å². The number of carbonyl (C=O) groups is 1. The molecule has 25 heavy (non-hydrogen) atoms. The van der Waals surface area contributed by atoms with E-state index in [0.717, 1.165) is 37.5 Å². The number of hydrogen-bond donors (Lipinski definition) is 2. The Balaban J connectivity index is 0.00000312. The average Bonchev–Trinajstić information content (AvgIpc) is 2.58. The number of carbonyl (C=O) groups excluding carboxylic acids is 1. The van der Waals surface area contributed by atoms with Gasteiger partial charge in [-0.25, -0.2) is 0 Å². The van der Waals surface area contributed by atoms with Crippen LogP contribution in [0.1, 0.15) is 24.8 Å².